The molecule has 0 amide bonds. The zero-order valence-corrected chi connectivity index (χ0v) is 8.29. The van der Waals surface area contributed by atoms with E-state index in [0.717, 1.165) is 10.7 Å². The van der Waals surface area contributed by atoms with Crippen molar-refractivity contribution >= 4 is 11.8 Å². The van der Waals surface area contributed by atoms with Gasteiger partial charge in [0.2, 0.25) is 0 Å². The molecule has 0 saturated carbocycles. The first-order chi connectivity index (χ1) is 6.31. The number of nitrogens with zero attached hydrogens (tertiary/aromatic N) is 2. The average molecular weight is 199 g/mol. The third-order valence-corrected chi connectivity index (χ3v) is 2.44. The van der Waals surface area contributed by atoms with Gasteiger partial charge in [-0.25, -0.2) is 9.97 Å². The van der Waals surface area contributed by atoms with E-state index in [1.807, 2.05) is 12.3 Å². The number of aliphatic hydroxyl groups excluding tert-OH is 1. The van der Waals surface area contributed by atoms with Crippen molar-refractivity contribution in [3.8, 4) is 0 Å². The summed E-state index contributed by atoms with van der Waals surface area (Å²) < 4.78 is 0. The molecule has 1 rings (SSSR count). The fourth-order valence-corrected chi connectivity index (χ4v) is 1.37. The van der Waals surface area contributed by atoms with Crippen molar-refractivity contribution in [1.29, 1.82) is 0 Å². The van der Waals surface area contributed by atoms with Gasteiger partial charge < -0.3 is 10.8 Å². The van der Waals surface area contributed by atoms with Crippen LogP contribution in [0.1, 0.15) is 11.6 Å². The van der Waals surface area contributed by atoms with Crippen molar-refractivity contribution in [2.75, 3.05) is 19.4 Å². The summed E-state index contributed by atoms with van der Waals surface area (Å²) in [6.45, 7) is 0.433. The van der Waals surface area contributed by atoms with E-state index < -0.39 is 0 Å². The van der Waals surface area contributed by atoms with Gasteiger partial charge in [-0.15, -0.1) is 11.8 Å². The fourth-order valence-electron chi connectivity index (χ4n) is 0.977. The number of rotatable bonds is 4. The Kier molecular flexibility index (Phi) is 4.14. The fraction of sp³-hybridized carbons (Fsp3) is 0.500. The minimum atomic E-state index is -0.0751. The van der Waals surface area contributed by atoms with E-state index in [9.17, 15) is 0 Å². The summed E-state index contributed by atoms with van der Waals surface area (Å²) in [6.07, 6.45) is 3.45. The molecule has 0 fully saturated rings. The smallest absolute Gasteiger partial charge is 0.116 e. The average Bonchev–Trinajstić information content (AvgIpc) is 2.20. The molecule has 1 heterocycles. The minimum Gasteiger partial charge on any atom is -0.396 e. The summed E-state index contributed by atoms with van der Waals surface area (Å²) in [6, 6.07) is 1.86. The predicted molar refractivity (Wildman–Crippen MR) is 52.7 cm³/mol. The van der Waals surface area contributed by atoms with Gasteiger partial charge in [0.25, 0.3) is 0 Å². The maximum Gasteiger partial charge on any atom is 0.116 e. The quantitative estimate of drug-likeness (QED) is 0.536. The molecule has 0 aromatic carbocycles. The van der Waals surface area contributed by atoms with E-state index in [4.69, 9.17) is 10.8 Å². The molecule has 1 atom stereocenters. The van der Waals surface area contributed by atoms with Crippen LogP contribution in [-0.4, -0.2) is 34.5 Å². The minimum absolute atomic E-state index is 0.0291. The molecule has 0 spiro atoms. The van der Waals surface area contributed by atoms with Crippen LogP contribution in [-0.2, 0) is 0 Å². The summed E-state index contributed by atoms with van der Waals surface area (Å²) in [5.41, 5.74) is 6.29. The largest absolute Gasteiger partial charge is 0.396 e. The first kappa shape index (κ1) is 10.4. The van der Waals surface area contributed by atoms with Crippen molar-refractivity contribution < 1.29 is 5.11 Å². The first-order valence-corrected chi connectivity index (χ1v) is 5.21. The van der Waals surface area contributed by atoms with E-state index in [1.165, 1.54) is 6.33 Å². The van der Waals surface area contributed by atoms with Crippen LogP contribution in [0.3, 0.4) is 0 Å². The van der Waals surface area contributed by atoms with Gasteiger partial charge in [-0.05, 0) is 12.3 Å². The van der Waals surface area contributed by atoms with E-state index >= 15 is 0 Å². The molecule has 1 aromatic heterocycles. The summed E-state index contributed by atoms with van der Waals surface area (Å²) in [4.78, 5) is 8.10. The Morgan fingerprint density at radius 1 is 1.62 bits per heavy atom. The normalized spacial score (nSPS) is 12.8. The summed E-state index contributed by atoms with van der Waals surface area (Å²) >= 11 is 1.55. The highest BCUT2D eigenvalue weighted by Gasteiger charge is 2.10. The Morgan fingerprint density at radius 2 is 2.38 bits per heavy atom. The highest BCUT2D eigenvalue weighted by Crippen LogP contribution is 2.16. The number of nitrogens with two attached hydrogens (primary N) is 1. The highest BCUT2D eigenvalue weighted by molar-refractivity contribution is 7.98. The lowest BCUT2D eigenvalue weighted by Gasteiger charge is -2.10. The van der Waals surface area contributed by atoms with E-state index in [1.54, 1.807) is 11.8 Å². The Bertz CT molecular complexity index is 265. The van der Waals surface area contributed by atoms with Gasteiger partial charge in [-0.1, -0.05) is 0 Å². The molecule has 3 N–H and O–H groups in total. The summed E-state index contributed by atoms with van der Waals surface area (Å²) in [5.74, 6) is -0.0751. The zero-order chi connectivity index (χ0) is 9.68. The second-order valence-corrected chi connectivity index (χ2v) is 3.43. The predicted octanol–water partition coefficient (Wildman–Crippen LogP) is 0.233. The maximum absolute atomic E-state index is 9.00. The zero-order valence-electron chi connectivity index (χ0n) is 7.47. The Balaban J connectivity index is 2.86. The topological polar surface area (TPSA) is 72.0 Å². The van der Waals surface area contributed by atoms with Gasteiger partial charge in [-0.3, -0.25) is 0 Å². The lowest BCUT2D eigenvalue weighted by atomic mass is 10.1. The van der Waals surface area contributed by atoms with Crippen molar-refractivity contribution in [1.82, 2.24) is 9.97 Å². The van der Waals surface area contributed by atoms with E-state index in [2.05, 4.69) is 9.97 Å². The van der Waals surface area contributed by atoms with Crippen LogP contribution in [0, 0.1) is 0 Å². The van der Waals surface area contributed by atoms with Crippen LogP contribution < -0.4 is 5.73 Å². The monoisotopic (exact) mass is 199 g/mol. The standard InChI is InChI=1S/C8H13N3OS/c1-13-8-2-7(10-5-11-8)6(3-9)4-12/h2,5-6,12H,3-4,9H2,1H3. The number of hydrogen-bond donors (Lipinski definition) is 2. The molecular weight excluding hydrogens is 186 g/mol. The first-order valence-electron chi connectivity index (χ1n) is 3.98. The van der Waals surface area contributed by atoms with Gasteiger partial charge in [0, 0.05) is 12.5 Å². The molecule has 13 heavy (non-hydrogen) atoms. The van der Waals surface area contributed by atoms with Gasteiger partial charge in [0.15, 0.2) is 0 Å². The third-order valence-electron chi connectivity index (χ3n) is 1.80. The third kappa shape index (κ3) is 2.65. The molecule has 0 aliphatic heterocycles. The van der Waals surface area contributed by atoms with Gasteiger partial charge in [-0.2, -0.15) is 0 Å². The molecule has 0 aliphatic rings. The number of aliphatic hydroxyl groups is 1. The van der Waals surface area contributed by atoms with Crippen molar-refractivity contribution in [3.05, 3.63) is 18.1 Å². The van der Waals surface area contributed by atoms with Gasteiger partial charge >= 0.3 is 0 Å². The molecule has 0 saturated heterocycles. The van der Waals surface area contributed by atoms with Crippen LogP contribution >= 0.6 is 11.8 Å². The molecule has 1 aromatic rings. The number of hydrogen-bond acceptors (Lipinski definition) is 5. The SMILES string of the molecule is CSc1cc(C(CN)CO)ncn1. The molecule has 4 nitrogen and oxygen atoms in total. The number of aromatic nitrogens is 2. The molecular formula is C8H13N3OS. The molecule has 0 bridgehead atoms. The van der Waals surface area contributed by atoms with Crippen LogP contribution in [0.4, 0.5) is 0 Å². The van der Waals surface area contributed by atoms with Crippen LogP contribution in [0.5, 0.6) is 0 Å². The van der Waals surface area contributed by atoms with Crippen molar-refractivity contribution in [3.63, 3.8) is 0 Å². The Labute approximate surface area is 81.6 Å². The lowest BCUT2D eigenvalue weighted by molar-refractivity contribution is 0.265. The second-order valence-electron chi connectivity index (χ2n) is 2.60. The van der Waals surface area contributed by atoms with Crippen LogP contribution in [0.2, 0.25) is 0 Å². The van der Waals surface area contributed by atoms with Crippen LogP contribution in [0.25, 0.3) is 0 Å². The molecule has 1 unspecified atom stereocenters. The van der Waals surface area contributed by atoms with Gasteiger partial charge in [0.1, 0.15) is 6.33 Å². The maximum atomic E-state index is 9.00. The second kappa shape index (κ2) is 5.16. The molecule has 0 radical (unpaired) electrons. The van der Waals surface area contributed by atoms with Crippen molar-refractivity contribution in [2.45, 2.75) is 10.9 Å². The van der Waals surface area contributed by atoms with E-state index in [-0.39, 0.29) is 12.5 Å². The molecule has 0 aliphatic carbocycles. The van der Waals surface area contributed by atoms with Gasteiger partial charge in [0.05, 0.1) is 17.3 Å². The molecule has 5 heteroatoms. The highest BCUT2D eigenvalue weighted by atomic mass is 32.2. The summed E-state index contributed by atoms with van der Waals surface area (Å²) in [7, 11) is 0. The van der Waals surface area contributed by atoms with Crippen LogP contribution in [0.15, 0.2) is 17.4 Å². The number of thioether (sulfide) groups is 1. The van der Waals surface area contributed by atoms with Crippen molar-refractivity contribution in [2.24, 2.45) is 5.73 Å². The lowest BCUT2D eigenvalue weighted by Crippen LogP contribution is -2.17. The summed E-state index contributed by atoms with van der Waals surface area (Å²) in [5, 5.41) is 9.90. The molecule has 72 valence electrons. The Morgan fingerprint density at radius 3 is 2.92 bits per heavy atom. The Hall–Kier alpha value is -0.650. The van der Waals surface area contributed by atoms with E-state index in [0.29, 0.717) is 6.54 Å².